The molecule has 3 N–H and O–H groups in total. The predicted octanol–water partition coefficient (Wildman–Crippen LogP) is 1.33. The van der Waals surface area contributed by atoms with Crippen molar-refractivity contribution in [3.63, 3.8) is 0 Å². The minimum absolute atomic E-state index is 0.0551. The summed E-state index contributed by atoms with van der Waals surface area (Å²) in [5, 5.41) is 8.81. The average molecular weight is 281 g/mol. The Kier molecular flexibility index (Phi) is 3.16. The van der Waals surface area contributed by atoms with Crippen LogP contribution in [0.2, 0.25) is 10.0 Å². The van der Waals surface area contributed by atoms with Crippen LogP contribution in [0.3, 0.4) is 0 Å². The van der Waals surface area contributed by atoms with Gasteiger partial charge in [-0.15, -0.1) is 0 Å². The molecule has 1 aliphatic heterocycles. The molecule has 0 atom stereocenters. The lowest BCUT2D eigenvalue weighted by atomic mass is 9.93. The first kappa shape index (κ1) is 12.1. The third kappa shape index (κ3) is 2.06. The number of hydrogen-bond acceptors (Lipinski definition) is 3. The molecule has 4 nitrogen and oxygen atoms in total. The molecule has 1 heterocycles. The van der Waals surface area contributed by atoms with Crippen LogP contribution in [0.1, 0.15) is 11.5 Å². The van der Waals surface area contributed by atoms with E-state index in [0.29, 0.717) is 23.7 Å². The van der Waals surface area contributed by atoms with E-state index in [1.807, 2.05) is 0 Å². The average Bonchev–Trinajstić information content (AvgIpc) is 2.08. The van der Waals surface area contributed by atoms with E-state index in [9.17, 15) is 8.42 Å². The van der Waals surface area contributed by atoms with Crippen molar-refractivity contribution in [1.82, 2.24) is 5.32 Å². The van der Waals surface area contributed by atoms with Crippen LogP contribution >= 0.6 is 23.2 Å². The van der Waals surface area contributed by atoms with Crippen molar-refractivity contribution in [2.45, 2.75) is 10.8 Å². The largest absolute Gasteiger partial charge is 0.315 e. The molecule has 0 aliphatic carbocycles. The minimum atomic E-state index is -3.76. The molecular weight excluding hydrogens is 271 g/mol. The molecule has 1 fully saturated rings. The fourth-order valence-electron chi connectivity index (χ4n) is 1.67. The van der Waals surface area contributed by atoms with Crippen molar-refractivity contribution in [2.75, 3.05) is 13.1 Å². The van der Waals surface area contributed by atoms with Gasteiger partial charge in [0.1, 0.15) is 0 Å². The maximum absolute atomic E-state index is 11.4. The number of nitrogens with one attached hydrogen (secondary N) is 1. The Labute approximate surface area is 104 Å². The topological polar surface area (TPSA) is 72.2 Å². The number of hydrogen-bond donors (Lipinski definition) is 2. The van der Waals surface area contributed by atoms with E-state index in [4.69, 9.17) is 28.3 Å². The molecule has 1 aliphatic rings. The van der Waals surface area contributed by atoms with E-state index in [0.717, 1.165) is 0 Å². The van der Waals surface area contributed by atoms with Crippen LogP contribution in [0.15, 0.2) is 17.0 Å². The highest BCUT2D eigenvalue weighted by molar-refractivity contribution is 7.89. The molecule has 1 aromatic carbocycles. The van der Waals surface area contributed by atoms with E-state index >= 15 is 0 Å². The van der Waals surface area contributed by atoms with Gasteiger partial charge in [0.2, 0.25) is 10.0 Å². The van der Waals surface area contributed by atoms with Crippen LogP contribution < -0.4 is 10.5 Å². The summed E-state index contributed by atoms with van der Waals surface area (Å²) < 4.78 is 22.8. The highest BCUT2D eigenvalue weighted by Crippen LogP contribution is 2.37. The van der Waals surface area contributed by atoms with Crippen molar-refractivity contribution in [1.29, 1.82) is 0 Å². The van der Waals surface area contributed by atoms with Gasteiger partial charge in [-0.3, -0.25) is 0 Å². The predicted molar refractivity (Wildman–Crippen MR) is 63.4 cm³/mol. The Morgan fingerprint density at radius 3 is 2.38 bits per heavy atom. The first-order valence-electron chi connectivity index (χ1n) is 4.62. The quantitative estimate of drug-likeness (QED) is 0.859. The van der Waals surface area contributed by atoms with Gasteiger partial charge < -0.3 is 5.32 Å². The Morgan fingerprint density at radius 1 is 1.31 bits per heavy atom. The van der Waals surface area contributed by atoms with Gasteiger partial charge in [0.15, 0.2) is 0 Å². The summed E-state index contributed by atoms with van der Waals surface area (Å²) in [7, 11) is -3.76. The standard InChI is InChI=1S/C9H10Cl2N2O2S/c10-6-1-2-7(16(12,14)15)8(9(6)11)5-3-13-4-5/h1-2,5,13H,3-4H2,(H2,12,14,15). The lowest BCUT2D eigenvalue weighted by molar-refractivity contribution is 0.442. The van der Waals surface area contributed by atoms with Crippen LogP contribution in [-0.2, 0) is 10.0 Å². The number of rotatable bonds is 2. The zero-order valence-corrected chi connectivity index (χ0v) is 10.5. The lowest BCUT2D eigenvalue weighted by Gasteiger charge is -2.29. The molecule has 0 aromatic heterocycles. The highest BCUT2D eigenvalue weighted by Gasteiger charge is 2.29. The lowest BCUT2D eigenvalue weighted by Crippen LogP contribution is -2.41. The highest BCUT2D eigenvalue weighted by atomic mass is 35.5. The molecule has 0 amide bonds. The number of benzene rings is 1. The molecule has 1 saturated heterocycles. The van der Waals surface area contributed by atoms with Gasteiger partial charge >= 0.3 is 0 Å². The summed E-state index contributed by atoms with van der Waals surface area (Å²) in [6.45, 7) is 1.37. The van der Waals surface area contributed by atoms with Crippen molar-refractivity contribution in [2.24, 2.45) is 5.14 Å². The van der Waals surface area contributed by atoms with Gasteiger partial charge in [0, 0.05) is 19.0 Å². The molecule has 0 unspecified atom stereocenters. The van der Waals surface area contributed by atoms with Gasteiger partial charge in [-0.2, -0.15) is 0 Å². The monoisotopic (exact) mass is 280 g/mol. The maximum Gasteiger partial charge on any atom is 0.238 e. The fraction of sp³-hybridized carbons (Fsp3) is 0.333. The second kappa shape index (κ2) is 4.16. The summed E-state index contributed by atoms with van der Waals surface area (Å²) in [6.07, 6.45) is 0. The Hall–Kier alpha value is -0.330. The molecule has 2 rings (SSSR count). The van der Waals surface area contributed by atoms with E-state index in [2.05, 4.69) is 5.32 Å². The minimum Gasteiger partial charge on any atom is -0.315 e. The number of primary sulfonamides is 1. The normalized spacial score (nSPS) is 17.2. The van der Waals surface area contributed by atoms with Gasteiger partial charge in [-0.05, 0) is 17.7 Å². The molecule has 0 spiro atoms. The van der Waals surface area contributed by atoms with Crippen LogP contribution in [-0.4, -0.2) is 21.5 Å². The number of halogens is 2. The van der Waals surface area contributed by atoms with Gasteiger partial charge in [0.05, 0.1) is 14.9 Å². The molecule has 1 aromatic rings. The molecular formula is C9H10Cl2N2O2S. The molecule has 0 saturated carbocycles. The van der Waals surface area contributed by atoms with E-state index in [-0.39, 0.29) is 15.8 Å². The second-order valence-electron chi connectivity index (χ2n) is 3.67. The van der Waals surface area contributed by atoms with E-state index in [1.54, 1.807) is 0 Å². The Morgan fingerprint density at radius 2 is 1.94 bits per heavy atom. The van der Waals surface area contributed by atoms with Crippen LogP contribution in [0.25, 0.3) is 0 Å². The summed E-state index contributed by atoms with van der Waals surface area (Å²) in [6, 6.07) is 2.84. The number of nitrogens with two attached hydrogens (primary N) is 1. The fourth-order valence-corrected chi connectivity index (χ4v) is 3.04. The zero-order valence-electron chi connectivity index (χ0n) is 8.20. The van der Waals surface area contributed by atoms with Crippen LogP contribution in [0.5, 0.6) is 0 Å². The molecule has 0 radical (unpaired) electrons. The smallest absolute Gasteiger partial charge is 0.238 e. The van der Waals surface area contributed by atoms with Gasteiger partial charge in [0.25, 0.3) is 0 Å². The summed E-state index contributed by atoms with van der Waals surface area (Å²) in [5.41, 5.74) is 0.524. The summed E-state index contributed by atoms with van der Waals surface area (Å²) in [5.74, 6) is 0.0551. The third-order valence-corrected chi connectivity index (χ3v) is 4.38. The second-order valence-corrected chi connectivity index (χ2v) is 5.99. The first-order chi connectivity index (χ1) is 7.41. The molecule has 16 heavy (non-hydrogen) atoms. The zero-order chi connectivity index (χ0) is 11.9. The van der Waals surface area contributed by atoms with Crippen molar-refractivity contribution < 1.29 is 8.42 Å². The van der Waals surface area contributed by atoms with Crippen LogP contribution in [0, 0.1) is 0 Å². The molecule has 7 heteroatoms. The van der Waals surface area contributed by atoms with Gasteiger partial charge in [-0.25, -0.2) is 13.6 Å². The van der Waals surface area contributed by atoms with Crippen molar-refractivity contribution in [3.8, 4) is 0 Å². The van der Waals surface area contributed by atoms with Crippen molar-refractivity contribution >= 4 is 33.2 Å². The SMILES string of the molecule is NS(=O)(=O)c1ccc(Cl)c(Cl)c1C1CNC1. The first-order valence-corrected chi connectivity index (χ1v) is 6.93. The Balaban J connectivity index is 2.65. The summed E-state index contributed by atoms with van der Waals surface area (Å²) in [4.78, 5) is 0.0633. The summed E-state index contributed by atoms with van der Waals surface area (Å²) >= 11 is 11.9. The Bertz CT molecular complexity index is 527. The van der Waals surface area contributed by atoms with Crippen LogP contribution in [0.4, 0.5) is 0 Å². The maximum atomic E-state index is 11.4. The van der Waals surface area contributed by atoms with E-state index < -0.39 is 10.0 Å². The molecule has 88 valence electrons. The van der Waals surface area contributed by atoms with Gasteiger partial charge in [-0.1, -0.05) is 23.2 Å². The molecule has 0 bridgehead atoms. The van der Waals surface area contributed by atoms with Crippen molar-refractivity contribution in [3.05, 3.63) is 27.7 Å². The number of sulfonamides is 1. The van der Waals surface area contributed by atoms with E-state index in [1.165, 1.54) is 12.1 Å². The third-order valence-electron chi connectivity index (χ3n) is 2.59.